The molecule has 1 N–H and O–H groups in total. The van der Waals surface area contributed by atoms with E-state index in [2.05, 4.69) is 15.7 Å². The highest BCUT2D eigenvalue weighted by Gasteiger charge is 2.55. The number of nitrogens with zero attached hydrogens (tertiary/aromatic N) is 4. The smallest absolute Gasteiger partial charge is 0.263 e. The fourth-order valence-electron chi connectivity index (χ4n) is 3.11. The number of carbonyl (C=O) groups is 3. The maximum Gasteiger partial charge on any atom is 0.263 e. The lowest BCUT2D eigenvalue weighted by atomic mass is 10.1. The molecule has 148 valence electrons. The number of amides is 3. The van der Waals surface area contributed by atoms with Gasteiger partial charge in [-0.1, -0.05) is 16.8 Å². The van der Waals surface area contributed by atoms with Gasteiger partial charge in [0.25, 0.3) is 11.8 Å². The summed E-state index contributed by atoms with van der Waals surface area (Å²) >= 11 is 5.74. The Kier molecular flexibility index (Phi) is 4.71. The van der Waals surface area contributed by atoms with Gasteiger partial charge in [0.1, 0.15) is 18.2 Å². The average Bonchev–Trinajstić information content (AvgIpc) is 3.20. The van der Waals surface area contributed by atoms with Gasteiger partial charge in [-0.15, -0.1) is 0 Å². The molecule has 0 unspecified atom stereocenters. The van der Waals surface area contributed by atoms with Crippen molar-refractivity contribution >= 4 is 40.7 Å². The molecule has 0 bridgehead atoms. The van der Waals surface area contributed by atoms with Crippen molar-refractivity contribution in [2.75, 3.05) is 16.8 Å². The molecular formula is C18H12ClF2N5O3. The lowest BCUT2D eigenvalue weighted by Crippen LogP contribution is -2.43. The van der Waals surface area contributed by atoms with Crippen LogP contribution in [0.4, 0.5) is 20.2 Å². The third-order valence-corrected chi connectivity index (χ3v) is 4.74. The molecule has 8 nitrogen and oxygen atoms in total. The van der Waals surface area contributed by atoms with Gasteiger partial charge < -0.3 is 5.32 Å². The number of halogens is 3. The van der Waals surface area contributed by atoms with E-state index < -0.39 is 41.4 Å². The maximum atomic E-state index is 13.4. The van der Waals surface area contributed by atoms with Crippen molar-refractivity contribution in [2.45, 2.75) is 12.1 Å². The number of hydrogen-bond donors (Lipinski definition) is 1. The van der Waals surface area contributed by atoms with Gasteiger partial charge in [-0.3, -0.25) is 19.4 Å². The zero-order valence-corrected chi connectivity index (χ0v) is 15.3. The van der Waals surface area contributed by atoms with Gasteiger partial charge in [0.15, 0.2) is 12.1 Å². The molecule has 2 aromatic carbocycles. The first-order valence-corrected chi connectivity index (χ1v) is 8.78. The Bertz CT molecular complexity index is 1050. The van der Waals surface area contributed by atoms with E-state index in [1.54, 1.807) is 0 Å². The van der Waals surface area contributed by atoms with Crippen molar-refractivity contribution in [1.29, 1.82) is 0 Å². The molecule has 0 radical (unpaired) electrons. The predicted molar refractivity (Wildman–Crippen MR) is 98.1 cm³/mol. The van der Waals surface area contributed by atoms with Crippen LogP contribution >= 0.6 is 11.6 Å². The molecular weight excluding hydrogens is 408 g/mol. The Labute approximate surface area is 167 Å². The number of hydrogen-bond acceptors (Lipinski definition) is 6. The summed E-state index contributed by atoms with van der Waals surface area (Å²) in [5, 5.41) is 11.0. The molecule has 29 heavy (non-hydrogen) atoms. The summed E-state index contributed by atoms with van der Waals surface area (Å²) in [5.74, 6) is -2.96. The highest BCUT2D eigenvalue weighted by Crippen LogP contribution is 2.33. The summed E-state index contributed by atoms with van der Waals surface area (Å²) in [5.41, 5.74) is 0.465. The fraction of sp³-hybridized carbons (Fsp3) is 0.167. The Morgan fingerprint density at radius 3 is 2.52 bits per heavy atom. The van der Waals surface area contributed by atoms with Crippen LogP contribution in [-0.4, -0.2) is 41.4 Å². The van der Waals surface area contributed by atoms with Crippen LogP contribution in [0, 0.1) is 11.6 Å². The van der Waals surface area contributed by atoms with Gasteiger partial charge in [-0.25, -0.2) is 13.7 Å². The van der Waals surface area contributed by atoms with Gasteiger partial charge in [0, 0.05) is 5.69 Å². The molecule has 0 spiro atoms. The van der Waals surface area contributed by atoms with E-state index >= 15 is 0 Å². The highest BCUT2D eigenvalue weighted by atomic mass is 35.5. The minimum atomic E-state index is -1.11. The SMILES string of the molecule is O=C(CN1N=N[C@H]2C(=O)N(c3ccc(F)c(Cl)c3)C(=O)[C@H]21)Nc1ccc(F)cc1. The Hall–Kier alpha value is -3.40. The average molecular weight is 420 g/mol. The molecule has 2 aromatic rings. The second-order valence-electron chi connectivity index (χ2n) is 6.36. The van der Waals surface area contributed by atoms with Gasteiger partial charge in [-0.2, -0.15) is 5.11 Å². The molecule has 4 rings (SSSR count). The minimum absolute atomic E-state index is 0.103. The number of carbonyl (C=O) groups excluding carboxylic acids is 3. The molecule has 2 atom stereocenters. The van der Waals surface area contributed by atoms with Gasteiger partial charge in [0.05, 0.1) is 10.7 Å². The van der Waals surface area contributed by atoms with E-state index in [0.29, 0.717) is 5.69 Å². The van der Waals surface area contributed by atoms with Crippen LogP contribution < -0.4 is 10.2 Å². The summed E-state index contributed by atoms with van der Waals surface area (Å²) < 4.78 is 26.3. The van der Waals surface area contributed by atoms with Gasteiger partial charge >= 0.3 is 0 Å². The lowest BCUT2D eigenvalue weighted by Gasteiger charge is -2.20. The van der Waals surface area contributed by atoms with Crippen molar-refractivity contribution in [3.8, 4) is 0 Å². The topological polar surface area (TPSA) is 94.4 Å². The van der Waals surface area contributed by atoms with Crippen LogP contribution in [0.5, 0.6) is 0 Å². The first-order valence-electron chi connectivity index (χ1n) is 8.41. The summed E-state index contributed by atoms with van der Waals surface area (Å²) in [6, 6.07) is 6.39. The molecule has 0 saturated carbocycles. The van der Waals surface area contributed by atoms with Crippen molar-refractivity contribution in [3.05, 3.63) is 59.1 Å². The van der Waals surface area contributed by atoms with E-state index in [4.69, 9.17) is 11.6 Å². The molecule has 11 heteroatoms. The number of imide groups is 1. The summed E-state index contributed by atoms with van der Waals surface area (Å²) in [7, 11) is 0. The highest BCUT2D eigenvalue weighted by molar-refractivity contribution is 6.32. The summed E-state index contributed by atoms with van der Waals surface area (Å²) in [4.78, 5) is 38.5. The number of anilines is 2. The van der Waals surface area contributed by atoms with Crippen molar-refractivity contribution < 1.29 is 23.2 Å². The van der Waals surface area contributed by atoms with Crippen LogP contribution in [0.1, 0.15) is 0 Å². The van der Waals surface area contributed by atoms with Crippen LogP contribution in [-0.2, 0) is 14.4 Å². The Morgan fingerprint density at radius 1 is 1.10 bits per heavy atom. The number of benzene rings is 2. The Balaban J connectivity index is 1.49. The number of rotatable bonds is 4. The summed E-state index contributed by atoms with van der Waals surface area (Å²) in [6.45, 7) is -0.348. The van der Waals surface area contributed by atoms with Crippen molar-refractivity contribution in [2.24, 2.45) is 10.3 Å². The Morgan fingerprint density at radius 2 is 1.83 bits per heavy atom. The zero-order chi connectivity index (χ0) is 20.7. The molecule has 0 aromatic heterocycles. The maximum absolute atomic E-state index is 13.4. The zero-order valence-electron chi connectivity index (χ0n) is 14.6. The second-order valence-corrected chi connectivity index (χ2v) is 6.76. The molecule has 1 saturated heterocycles. The first-order chi connectivity index (χ1) is 13.8. The van der Waals surface area contributed by atoms with Crippen LogP contribution in [0.25, 0.3) is 0 Å². The van der Waals surface area contributed by atoms with Gasteiger partial charge in [-0.05, 0) is 42.5 Å². The van der Waals surface area contributed by atoms with E-state index in [9.17, 15) is 23.2 Å². The van der Waals surface area contributed by atoms with E-state index in [1.165, 1.54) is 30.3 Å². The predicted octanol–water partition coefficient (Wildman–Crippen LogP) is 2.55. The van der Waals surface area contributed by atoms with Gasteiger partial charge in [0.2, 0.25) is 5.91 Å². The third-order valence-electron chi connectivity index (χ3n) is 4.45. The van der Waals surface area contributed by atoms with Crippen molar-refractivity contribution in [1.82, 2.24) is 5.01 Å². The largest absolute Gasteiger partial charge is 0.324 e. The molecule has 1 fully saturated rings. The van der Waals surface area contributed by atoms with Crippen LogP contribution in [0.2, 0.25) is 5.02 Å². The minimum Gasteiger partial charge on any atom is -0.324 e. The van der Waals surface area contributed by atoms with E-state index in [1.807, 2.05) is 0 Å². The van der Waals surface area contributed by atoms with Crippen LogP contribution in [0.15, 0.2) is 52.8 Å². The van der Waals surface area contributed by atoms with E-state index in [0.717, 1.165) is 22.0 Å². The van der Waals surface area contributed by atoms with Crippen LogP contribution in [0.3, 0.4) is 0 Å². The van der Waals surface area contributed by atoms with Crippen molar-refractivity contribution in [3.63, 3.8) is 0 Å². The molecule has 2 aliphatic heterocycles. The third kappa shape index (κ3) is 3.42. The van der Waals surface area contributed by atoms with E-state index in [-0.39, 0.29) is 17.3 Å². The lowest BCUT2D eigenvalue weighted by molar-refractivity contribution is -0.123. The first kappa shape index (κ1) is 18.9. The fourth-order valence-corrected chi connectivity index (χ4v) is 3.29. The molecule has 0 aliphatic carbocycles. The normalized spacial score (nSPS) is 20.4. The molecule has 2 heterocycles. The quantitative estimate of drug-likeness (QED) is 0.770. The summed E-state index contributed by atoms with van der Waals surface area (Å²) in [6.07, 6.45) is 0. The monoisotopic (exact) mass is 419 g/mol. The number of fused-ring (bicyclic) bond motifs is 1. The molecule has 3 amide bonds. The standard InChI is InChI=1S/C18H12ClF2N5O3/c19-12-7-11(5-6-13(12)21)26-17(28)15-16(18(26)29)25(24-23-15)8-14(27)22-10-3-1-9(20)2-4-10/h1-7,15-16H,8H2,(H,22,27)/t15-,16+/m1/s1. The second kappa shape index (κ2) is 7.21. The number of nitrogens with one attached hydrogen (secondary N) is 1. The molecule has 2 aliphatic rings.